The van der Waals surface area contributed by atoms with Gasteiger partial charge >= 0.3 is 0 Å². The largest absolute Gasteiger partial charge is 0.464 e. The second-order valence-corrected chi connectivity index (χ2v) is 7.64. The van der Waals surface area contributed by atoms with Gasteiger partial charge in [0.2, 0.25) is 0 Å². The number of nitrogens with one attached hydrogen (secondary N) is 1. The van der Waals surface area contributed by atoms with E-state index in [1.54, 1.807) is 20.1 Å². The molecule has 4 rings (SSSR count). The monoisotopic (exact) mass is 402 g/mol. The van der Waals surface area contributed by atoms with Crippen LogP contribution in [0.25, 0.3) is 11.0 Å². The molecule has 6 nitrogen and oxygen atoms in total. The number of hydrogen-bond donors (Lipinski definition) is 1. The van der Waals surface area contributed by atoms with Gasteiger partial charge in [-0.2, -0.15) is 0 Å². The predicted molar refractivity (Wildman–Crippen MR) is 113 cm³/mol. The number of Topliss-reactive ketones (excluding diaryl/α,β-unsaturated/α-hetero) is 2. The Morgan fingerprint density at radius 1 is 1.23 bits per heavy atom. The molecule has 0 bridgehead atoms. The zero-order valence-electron chi connectivity index (χ0n) is 17.0. The first kappa shape index (κ1) is 19.7. The summed E-state index contributed by atoms with van der Waals surface area (Å²) >= 11 is 0. The highest BCUT2D eigenvalue weighted by Gasteiger charge is 2.35. The maximum atomic E-state index is 13.3. The predicted octanol–water partition coefficient (Wildman–Crippen LogP) is 3.54. The van der Waals surface area contributed by atoms with Crippen LogP contribution in [0, 0.1) is 26.2 Å². The van der Waals surface area contributed by atoms with Crippen molar-refractivity contribution >= 4 is 28.4 Å². The summed E-state index contributed by atoms with van der Waals surface area (Å²) in [5, 5.41) is 3.35. The van der Waals surface area contributed by atoms with E-state index < -0.39 is 11.7 Å². The molecule has 1 fully saturated rings. The fourth-order valence-corrected chi connectivity index (χ4v) is 4.05. The lowest BCUT2D eigenvalue weighted by atomic mass is 10.0. The summed E-state index contributed by atoms with van der Waals surface area (Å²) in [5.41, 5.74) is 3.65. The Labute approximate surface area is 174 Å². The summed E-state index contributed by atoms with van der Waals surface area (Å²) in [6.45, 7) is 3.51. The second-order valence-electron chi connectivity index (χ2n) is 7.64. The maximum Gasteiger partial charge on any atom is 0.293 e. The molecule has 152 valence electrons. The van der Waals surface area contributed by atoms with Crippen molar-refractivity contribution in [2.24, 2.45) is 0 Å². The van der Waals surface area contributed by atoms with Crippen LogP contribution in [0.2, 0.25) is 0 Å². The molecule has 6 heteroatoms. The van der Waals surface area contributed by atoms with Crippen molar-refractivity contribution in [3.05, 3.63) is 58.6 Å². The number of amides is 1. The maximum absolute atomic E-state index is 13.3. The van der Waals surface area contributed by atoms with Crippen molar-refractivity contribution < 1.29 is 18.8 Å². The number of rotatable bonds is 7. The fraction of sp³-hybridized carbons (Fsp3) is 0.292. The van der Waals surface area contributed by atoms with Crippen molar-refractivity contribution in [2.45, 2.75) is 39.2 Å². The molecule has 0 unspecified atom stereocenters. The normalized spacial score (nSPS) is 13.2. The Kier molecular flexibility index (Phi) is 5.04. The number of carbonyl (C=O) groups is 3. The lowest BCUT2D eigenvalue weighted by molar-refractivity contribution is -0.116. The van der Waals surface area contributed by atoms with Crippen LogP contribution < -0.4 is 5.32 Å². The number of ketones is 2. The van der Waals surface area contributed by atoms with Crippen LogP contribution in [0.3, 0.4) is 0 Å². The van der Waals surface area contributed by atoms with Gasteiger partial charge < -0.3 is 14.3 Å². The van der Waals surface area contributed by atoms with Gasteiger partial charge in [0.15, 0.2) is 5.78 Å². The van der Waals surface area contributed by atoms with Gasteiger partial charge in [0.05, 0.1) is 24.1 Å². The zero-order chi connectivity index (χ0) is 21.4. The highest BCUT2D eigenvalue weighted by atomic mass is 16.3. The third-order valence-corrected chi connectivity index (χ3v) is 5.54. The minimum Gasteiger partial charge on any atom is -0.464 e. The minimum atomic E-state index is -0.753. The summed E-state index contributed by atoms with van der Waals surface area (Å²) in [4.78, 5) is 38.3. The molecule has 1 N–H and O–H groups in total. The quantitative estimate of drug-likeness (QED) is 0.372. The Morgan fingerprint density at radius 3 is 2.70 bits per heavy atom. The van der Waals surface area contributed by atoms with Crippen LogP contribution >= 0.6 is 0 Å². The van der Waals surface area contributed by atoms with Crippen molar-refractivity contribution in [1.82, 2.24) is 9.88 Å². The van der Waals surface area contributed by atoms with E-state index in [-0.39, 0.29) is 24.8 Å². The smallest absolute Gasteiger partial charge is 0.293 e. The molecule has 3 aromatic rings. The van der Waals surface area contributed by atoms with Gasteiger partial charge in [-0.25, -0.2) is 0 Å². The first-order valence-electron chi connectivity index (χ1n) is 9.89. The average molecular weight is 402 g/mol. The number of furan rings is 1. The molecule has 0 atom stereocenters. The van der Waals surface area contributed by atoms with Crippen molar-refractivity contribution in [2.75, 3.05) is 6.54 Å². The highest BCUT2D eigenvalue weighted by Crippen LogP contribution is 2.40. The number of terminal acetylenes is 1. The van der Waals surface area contributed by atoms with Gasteiger partial charge in [0.1, 0.15) is 5.58 Å². The van der Waals surface area contributed by atoms with Gasteiger partial charge in [0.25, 0.3) is 11.7 Å². The molecular weight excluding hydrogens is 380 g/mol. The van der Waals surface area contributed by atoms with E-state index in [0.717, 1.165) is 29.4 Å². The van der Waals surface area contributed by atoms with E-state index in [1.165, 1.54) is 0 Å². The molecule has 0 saturated heterocycles. The summed E-state index contributed by atoms with van der Waals surface area (Å²) in [7, 11) is 0. The van der Waals surface area contributed by atoms with E-state index in [9.17, 15) is 14.4 Å². The molecule has 0 radical (unpaired) electrons. The van der Waals surface area contributed by atoms with E-state index in [0.29, 0.717) is 22.5 Å². The van der Waals surface area contributed by atoms with E-state index in [1.807, 2.05) is 28.8 Å². The van der Waals surface area contributed by atoms with Crippen LogP contribution in [-0.2, 0) is 11.2 Å². The average Bonchev–Trinajstić information content (AvgIpc) is 3.39. The number of hydrogen-bond acceptors (Lipinski definition) is 4. The third kappa shape index (κ3) is 3.43. The van der Waals surface area contributed by atoms with E-state index >= 15 is 0 Å². The molecule has 0 spiro atoms. The molecule has 1 aliphatic rings. The first-order chi connectivity index (χ1) is 14.4. The van der Waals surface area contributed by atoms with Crippen molar-refractivity contribution in [3.63, 3.8) is 0 Å². The lowest BCUT2D eigenvalue weighted by Crippen LogP contribution is -2.31. The van der Waals surface area contributed by atoms with E-state index in [2.05, 4.69) is 11.2 Å². The SMILES string of the molecule is C#CCNC(=O)C(=O)c1c(C)c(C(=O)Cc2ccc3occc3c2)n(C2CC2)c1C. The van der Waals surface area contributed by atoms with E-state index in [4.69, 9.17) is 10.8 Å². The number of carbonyl (C=O) groups excluding carboxylic acids is 3. The van der Waals surface area contributed by atoms with Crippen LogP contribution in [0.4, 0.5) is 0 Å². The van der Waals surface area contributed by atoms with Gasteiger partial charge in [-0.1, -0.05) is 12.0 Å². The van der Waals surface area contributed by atoms with Gasteiger partial charge in [-0.3, -0.25) is 14.4 Å². The minimum absolute atomic E-state index is 0.0196. The molecule has 0 aliphatic heterocycles. The standard InChI is InChI=1S/C24H22N2O4/c1-4-10-25-24(29)23(28)21-14(2)22(26(15(21)3)18-6-7-18)19(27)13-16-5-8-20-17(12-16)9-11-30-20/h1,5,8-9,11-12,18H,6-7,10,13H2,2-3H3,(H,25,29). The molecular formula is C24H22N2O4. The fourth-order valence-electron chi connectivity index (χ4n) is 4.05. The molecule has 2 heterocycles. The molecule has 1 amide bonds. The number of benzene rings is 1. The van der Waals surface area contributed by atoms with Crippen LogP contribution in [0.1, 0.15) is 56.6 Å². The van der Waals surface area contributed by atoms with Gasteiger partial charge in [0, 0.05) is 23.5 Å². The Balaban J connectivity index is 1.70. The summed E-state index contributed by atoms with van der Waals surface area (Å²) in [6, 6.07) is 7.70. The Hall–Kier alpha value is -3.59. The zero-order valence-corrected chi connectivity index (χ0v) is 17.0. The van der Waals surface area contributed by atoms with Crippen molar-refractivity contribution in [1.29, 1.82) is 0 Å². The molecule has 30 heavy (non-hydrogen) atoms. The topological polar surface area (TPSA) is 81.3 Å². The first-order valence-corrected chi connectivity index (χ1v) is 9.89. The molecule has 1 saturated carbocycles. The van der Waals surface area contributed by atoms with Gasteiger partial charge in [-0.15, -0.1) is 6.42 Å². The summed E-state index contributed by atoms with van der Waals surface area (Å²) < 4.78 is 7.30. The molecule has 1 aliphatic carbocycles. The van der Waals surface area contributed by atoms with Crippen LogP contribution in [-0.4, -0.2) is 28.6 Å². The number of nitrogens with zero attached hydrogens (tertiary/aromatic N) is 1. The van der Waals surface area contributed by atoms with Crippen LogP contribution in [0.5, 0.6) is 0 Å². The highest BCUT2D eigenvalue weighted by molar-refractivity contribution is 6.43. The second kappa shape index (κ2) is 7.68. The van der Waals surface area contributed by atoms with Crippen LogP contribution in [0.15, 0.2) is 34.9 Å². The lowest BCUT2D eigenvalue weighted by Gasteiger charge is -2.10. The number of aromatic nitrogens is 1. The molecule has 1 aromatic carbocycles. The summed E-state index contributed by atoms with van der Waals surface area (Å²) in [6.07, 6.45) is 8.88. The number of fused-ring (bicyclic) bond motifs is 1. The Morgan fingerprint density at radius 2 is 2.00 bits per heavy atom. The van der Waals surface area contributed by atoms with Crippen molar-refractivity contribution in [3.8, 4) is 12.3 Å². The Bertz CT molecular complexity index is 1220. The third-order valence-electron chi connectivity index (χ3n) is 5.54. The van der Waals surface area contributed by atoms with Gasteiger partial charge in [-0.05, 0) is 56.0 Å². The summed E-state index contributed by atoms with van der Waals surface area (Å²) in [5.74, 6) is 0.797. The molecule has 2 aromatic heterocycles.